The molecule has 8 rings (SSSR count). The van der Waals surface area contributed by atoms with Gasteiger partial charge in [0.25, 0.3) is 6.71 Å². The molecule has 0 amide bonds. The van der Waals surface area contributed by atoms with Gasteiger partial charge in [0.1, 0.15) is 23.0 Å². The van der Waals surface area contributed by atoms with Crippen molar-refractivity contribution in [2.45, 2.75) is 0 Å². The predicted molar refractivity (Wildman–Crippen MR) is 142 cm³/mol. The SMILES string of the molecule is c1ccc2c(c1)Oc1ccc(-c3cccc4c3sc3ccccc34)c3c1B2c1ccccc1O3. The van der Waals surface area contributed by atoms with Crippen LogP contribution in [0.15, 0.2) is 103 Å². The molecule has 6 aromatic rings. The second kappa shape index (κ2) is 6.75. The van der Waals surface area contributed by atoms with Gasteiger partial charge < -0.3 is 9.47 Å². The maximum Gasteiger partial charge on any atom is 0.260 e. The first kappa shape index (κ1) is 18.4. The molecule has 5 aromatic carbocycles. The molecule has 34 heavy (non-hydrogen) atoms. The van der Waals surface area contributed by atoms with Crippen molar-refractivity contribution in [3.63, 3.8) is 0 Å². The van der Waals surface area contributed by atoms with E-state index in [1.54, 1.807) is 0 Å². The Morgan fingerprint density at radius 2 is 1.24 bits per heavy atom. The lowest BCUT2D eigenvalue weighted by Crippen LogP contribution is -2.57. The summed E-state index contributed by atoms with van der Waals surface area (Å²) in [4.78, 5) is 0. The van der Waals surface area contributed by atoms with E-state index in [0.717, 1.165) is 34.0 Å². The Morgan fingerprint density at radius 3 is 2.09 bits per heavy atom. The average Bonchev–Trinajstić information content (AvgIpc) is 3.28. The zero-order valence-electron chi connectivity index (χ0n) is 18.1. The molecule has 2 nitrogen and oxygen atoms in total. The fourth-order valence-corrected chi connectivity index (χ4v) is 6.79. The number of hydrogen-bond acceptors (Lipinski definition) is 3. The van der Waals surface area contributed by atoms with Crippen molar-refractivity contribution in [2.24, 2.45) is 0 Å². The van der Waals surface area contributed by atoms with E-state index in [-0.39, 0.29) is 6.71 Å². The number of para-hydroxylation sites is 2. The van der Waals surface area contributed by atoms with Gasteiger partial charge in [-0.1, -0.05) is 72.8 Å². The fraction of sp³-hybridized carbons (Fsp3) is 0. The van der Waals surface area contributed by atoms with Crippen molar-refractivity contribution >= 4 is 54.6 Å². The number of fused-ring (bicyclic) bond motifs is 7. The summed E-state index contributed by atoms with van der Waals surface area (Å²) in [6.45, 7) is 0.0847. The van der Waals surface area contributed by atoms with Gasteiger partial charge in [-0.25, -0.2) is 0 Å². The summed E-state index contributed by atoms with van der Waals surface area (Å²) in [5, 5.41) is 2.59. The van der Waals surface area contributed by atoms with E-state index in [9.17, 15) is 0 Å². The lowest BCUT2D eigenvalue weighted by molar-refractivity contribution is 0.465. The highest BCUT2D eigenvalue weighted by Gasteiger charge is 2.41. The highest BCUT2D eigenvalue weighted by molar-refractivity contribution is 7.26. The summed E-state index contributed by atoms with van der Waals surface area (Å²) in [5.41, 5.74) is 5.80. The Kier molecular flexibility index (Phi) is 3.66. The molecular weight excluding hydrogens is 435 g/mol. The highest BCUT2D eigenvalue weighted by atomic mass is 32.1. The predicted octanol–water partition coefficient (Wildman–Crippen LogP) is 6.45. The van der Waals surface area contributed by atoms with E-state index >= 15 is 0 Å². The van der Waals surface area contributed by atoms with E-state index in [1.807, 2.05) is 23.5 Å². The molecule has 0 unspecified atom stereocenters. The monoisotopic (exact) mass is 452 g/mol. The van der Waals surface area contributed by atoms with Crippen LogP contribution >= 0.6 is 11.3 Å². The van der Waals surface area contributed by atoms with Crippen LogP contribution in [-0.2, 0) is 0 Å². The van der Waals surface area contributed by atoms with Gasteiger partial charge in [0.15, 0.2) is 0 Å². The second-order valence-electron chi connectivity index (χ2n) is 8.85. The summed E-state index contributed by atoms with van der Waals surface area (Å²) in [7, 11) is 0. The summed E-state index contributed by atoms with van der Waals surface area (Å²) in [6, 6.07) is 36.2. The molecular formula is C30H17BO2S. The zero-order valence-corrected chi connectivity index (χ0v) is 18.9. The lowest BCUT2D eigenvalue weighted by atomic mass is 9.34. The minimum absolute atomic E-state index is 0.0847. The highest BCUT2D eigenvalue weighted by Crippen LogP contribution is 2.45. The molecule has 0 aliphatic carbocycles. The Bertz CT molecular complexity index is 1770. The standard InChI is InChI=1S/C30H17BO2S/c1-6-15-27-18(8-1)20-9-7-10-21(30(20)34-27)19-16-17-26-28-29(19)33-25-14-5-3-12-23(25)31(28)22-11-2-4-13-24(22)32-26/h1-17H. The van der Waals surface area contributed by atoms with Gasteiger partial charge in [-0.2, -0.15) is 0 Å². The van der Waals surface area contributed by atoms with Gasteiger partial charge in [0.05, 0.1) is 0 Å². The number of thiophene rings is 1. The van der Waals surface area contributed by atoms with E-state index < -0.39 is 0 Å². The van der Waals surface area contributed by atoms with Crippen LogP contribution in [-0.4, -0.2) is 6.71 Å². The number of ether oxygens (including phenoxy) is 2. The molecule has 1 aromatic heterocycles. The van der Waals surface area contributed by atoms with Crippen LogP contribution in [0.4, 0.5) is 0 Å². The summed E-state index contributed by atoms with van der Waals surface area (Å²) in [6.07, 6.45) is 0. The van der Waals surface area contributed by atoms with Crippen LogP contribution in [0.2, 0.25) is 0 Å². The molecule has 0 bridgehead atoms. The lowest BCUT2D eigenvalue weighted by Gasteiger charge is -2.34. The Labute approximate surface area is 201 Å². The molecule has 0 saturated heterocycles. The van der Waals surface area contributed by atoms with Crippen LogP contribution in [0.3, 0.4) is 0 Å². The van der Waals surface area contributed by atoms with E-state index in [4.69, 9.17) is 9.47 Å². The quantitative estimate of drug-likeness (QED) is 0.267. The molecule has 0 radical (unpaired) electrons. The van der Waals surface area contributed by atoms with Crippen molar-refractivity contribution in [2.75, 3.05) is 0 Å². The first-order valence-electron chi connectivity index (χ1n) is 11.5. The molecule has 0 N–H and O–H groups in total. The first-order valence-corrected chi connectivity index (χ1v) is 12.3. The minimum Gasteiger partial charge on any atom is -0.458 e. The van der Waals surface area contributed by atoms with E-state index in [1.165, 1.54) is 36.7 Å². The van der Waals surface area contributed by atoms with Crippen molar-refractivity contribution in [1.82, 2.24) is 0 Å². The van der Waals surface area contributed by atoms with E-state index in [0.29, 0.717) is 0 Å². The van der Waals surface area contributed by atoms with E-state index in [2.05, 4.69) is 91.0 Å². The topological polar surface area (TPSA) is 18.5 Å². The van der Waals surface area contributed by atoms with Gasteiger partial charge in [0, 0.05) is 36.8 Å². The van der Waals surface area contributed by atoms with Gasteiger partial charge in [-0.3, -0.25) is 0 Å². The molecule has 0 atom stereocenters. The maximum absolute atomic E-state index is 6.67. The summed E-state index contributed by atoms with van der Waals surface area (Å²) >= 11 is 1.85. The third-order valence-corrected chi connectivity index (χ3v) is 8.25. The zero-order chi connectivity index (χ0) is 22.2. The van der Waals surface area contributed by atoms with Crippen LogP contribution in [0.1, 0.15) is 0 Å². The number of benzene rings is 5. The van der Waals surface area contributed by atoms with Crippen molar-refractivity contribution in [3.05, 3.63) is 103 Å². The maximum atomic E-state index is 6.67. The third kappa shape index (κ3) is 2.41. The normalized spacial score (nSPS) is 13.1. The third-order valence-electron chi connectivity index (χ3n) is 7.03. The average molecular weight is 452 g/mol. The molecule has 0 spiro atoms. The van der Waals surface area contributed by atoms with Gasteiger partial charge in [-0.15, -0.1) is 11.3 Å². The van der Waals surface area contributed by atoms with Crippen LogP contribution < -0.4 is 25.9 Å². The molecule has 158 valence electrons. The smallest absolute Gasteiger partial charge is 0.260 e. The molecule has 0 saturated carbocycles. The molecule has 2 aliphatic heterocycles. The molecule has 0 fully saturated rings. The van der Waals surface area contributed by atoms with Crippen LogP contribution in [0.25, 0.3) is 31.3 Å². The molecule has 4 heteroatoms. The Morgan fingerprint density at radius 1 is 0.529 bits per heavy atom. The molecule has 3 heterocycles. The van der Waals surface area contributed by atoms with Gasteiger partial charge in [-0.05, 0) is 41.3 Å². The fourth-order valence-electron chi connectivity index (χ4n) is 5.56. The number of rotatable bonds is 1. The molecule has 2 aliphatic rings. The minimum atomic E-state index is 0.0847. The van der Waals surface area contributed by atoms with Crippen LogP contribution in [0.5, 0.6) is 23.0 Å². The Balaban J connectivity index is 1.45. The Hall–Kier alpha value is -4.02. The van der Waals surface area contributed by atoms with Gasteiger partial charge in [0.2, 0.25) is 0 Å². The largest absolute Gasteiger partial charge is 0.458 e. The van der Waals surface area contributed by atoms with Crippen molar-refractivity contribution < 1.29 is 9.47 Å². The van der Waals surface area contributed by atoms with Gasteiger partial charge >= 0.3 is 0 Å². The van der Waals surface area contributed by atoms with Crippen molar-refractivity contribution in [3.8, 4) is 34.1 Å². The summed E-state index contributed by atoms with van der Waals surface area (Å²) in [5.74, 6) is 3.61. The first-order chi connectivity index (χ1) is 16.9. The number of hydrogen-bond donors (Lipinski definition) is 0. The van der Waals surface area contributed by atoms with Crippen LogP contribution in [0, 0.1) is 0 Å². The second-order valence-corrected chi connectivity index (χ2v) is 9.90. The van der Waals surface area contributed by atoms with Crippen molar-refractivity contribution in [1.29, 1.82) is 0 Å². The summed E-state index contributed by atoms with van der Waals surface area (Å²) < 4.78 is 15.7.